The molecule has 0 bridgehead atoms. The predicted octanol–water partition coefficient (Wildman–Crippen LogP) is 5.40. The number of nitrogens with one attached hydrogen (secondary N) is 1. The van der Waals surface area contributed by atoms with E-state index in [1.54, 1.807) is 14.2 Å². The Balaban J connectivity index is 1.46. The van der Waals surface area contributed by atoms with Gasteiger partial charge in [0, 0.05) is 10.9 Å². The number of fused-ring (bicyclic) bond motifs is 1. The molecule has 4 aromatic rings. The van der Waals surface area contributed by atoms with Crippen molar-refractivity contribution in [3.63, 3.8) is 0 Å². The van der Waals surface area contributed by atoms with Crippen molar-refractivity contribution in [3.8, 4) is 22.1 Å². The Bertz CT molecular complexity index is 1210. The van der Waals surface area contributed by atoms with Crippen LogP contribution in [0.3, 0.4) is 0 Å². The van der Waals surface area contributed by atoms with Gasteiger partial charge in [0.05, 0.1) is 32.4 Å². The molecule has 0 fully saturated rings. The number of ether oxygens (including phenoxy) is 2. The number of aromatic nitrogens is 1. The number of benzene rings is 3. The van der Waals surface area contributed by atoms with Gasteiger partial charge in [0.1, 0.15) is 5.01 Å². The normalized spacial score (nSPS) is 11.8. The fourth-order valence-corrected chi connectivity index (χ4v) is 4.47. The van der Waals surface area contributed by atoms with Crippen molar-refractivity contribution in [1.29, 1.82) is 0 Å². The van der Waals surface area contributed by atoms with Crippen LogP contribution in [0.1, 0.15) is 24.2 Å². The number of carbonyl (C=O) groups is 1. The van der Waals surface area contributed by atoms with E-state index in [1.807, 2.05) is 48.7 Å². The molecule has 5 nitrogen and oxygen atoms in total. The first-order valence-corrected chi connectivity index (χ1v) is 10.9. The summed E-state index contributed by atoms with van der Waals surface area (Å²) in [7, 11) is 3.22. The molecule has 0 aliphatic rings. The van der Waals surface area contributed by atoms with Gasteiger partial charge in [-0.2, -0.15) is 0 Å². The molecule has 1 heterocycles. The van der Waals surface area contributed by atoms with Gasteiger partial charge in [0.15, 0.2) is 11.5 Å². The van der Waals surface area contributed by atoms with Crippen LogP contribution in [0.25, 0.3) is 21.3 Å². The van der Waals surface area contributed by atoms with Gasteiger partial charge in [0.2, 0.25) is 5.91 Å². The average Bonchev–Trinajstić information content (AvgIpc) is 3.26. The summed E-state index contributed by atoms with van der Waals surface area (Å²) in [6.07, 6.45) is 0.235. The minimum atomic E-state index is -0.0949. The van der Waals surface area contributed by atoms with Crippen LogP contribution in [-0.4, -0.2) is 25.1 Å². The highest BCUT2D eigenvalue weighted by Gasteiger charge is 2.15. The minimum absolute atomic E-state index is 0.0513. The lowest BCUT2D eigenvalue weighted by Crippen LogP contribution is -2.28. The monoisotopic (exact) mass is 432 g/mol. The molecular weight excluding hydrogens is 408 g/mol. The van der Waals surface area contributed by atoms with Crippen LogP contribution < -0.4 is 14.8 Å². The number of methoxy groups -OCH3 is 2. The lowest BCUT2D eigenvalue weighted by Gasteiger charge is -2.16. The molecule has 1 aromatic heterocycles. The first kappa shape index (κ1) is 20.9. The van der Waals surface area contributed by atoms with Gasteiger partial charge in [-0.3, -0.25) is 4.79 Å². The van der Waals surface area contributed by atoms with Crippen LogP contribution in [-0.2, 0) is 11.2 Å². The Morgan fingerprint density at radius 2 is 1.81 bits per heavy atom. The molecular formula is C25H24N2O3S. The summed E-state index contributed by atoms with van der Waals surface area (Å²) in [5.74, 6) is 1.27. The third kappa shape index (κ3) is 4.54. The highest BCUT2D eigenvalue weighted by molar-refractivity contribution is 7.13. The lowest BCUT2D eigenvalue weighted by molar-refractivity contribution is -0.121. The third-order valence-electron chi connectivity index (χ3n) is 5.19. The van der Waals surface area contributed by atoms with E-state index in [9.17, 15) is 4.79 Å². The third-order valence-corrected chi connectivity index (χ3v) is 6.13. The van der Waals surface area contributed by atoms with Crippen molar-refractivity contribution in [3.05, 3.63) is 77.3 Å². The fraction of sp³-hybridized carbons (Fsp3) is 0.200. The molecule has 0 aliphatic carbocycles. The Morgan fingerprint density at radius 3 is 2.61 bits per heavy atom. The molecule has 6 heteroatoms. The predicted molar refractivity (Wildman–Crippen MR) is 125 cm³/mol. The van der Waals surface area contributed by atoms with Gasteiger partial charge in [-0.15, -0.1) is 11.3 Å². The van der Waals surface area contributed by atoms with Crippen molar-refractivity contribution in [2.75, 3.05) is 14.2 Å². The molecule has 1 atom stereocenters. The van der Waals surface area contributed by atoms with E-state index in [0.29, 0.717) is 11.5 Å². The van der Waals surface area contributed by atoms with E-state index < -0.39 is 0 Å². The van der Waals surface area contributed by atoms with E-state index in [0.717, 1.165) is 27.2 Å². The van der Waals surface area contributed by atoms with Crippen LogP contribution in [0.2, 0.25) is 0 Å². The van der Waals surface area contributed by atoms with Gasteiger partial charge in [-0.05, 0) is 41.5 Å². The number of amides is 1. The fourth-order valence-electron chi connectivity index (χ4n) is 3.65. The first-order valence-electron chi connectivity index (χ1n) is 10.0. The molecule has 1 N–H and O–H groups in total. The molecule has 0 saturated heterocycles. The number of rotatable bonds is 7. The SMILES string of the molecule is COc1ccc(-c2nc(CC(=O)NC(C)c3cccc4ccccc34)cs2)cc1OC. The van der Waals surface area contributed by atoms with Crippen molar-refractivity contribution < 1.29 is 14.3 Å². The maximum absolute atomic E-state index is 12.7. The number of hydrogen-bond acceptors (Lipinski definition) is 5. The summed E-state index contributed by atoms with van der Waals surface area (Å²) in [6.45, 7) is 2.01. The van der Waals surface area contributed by atoms with Crippen molar-refractivity contribution >= 4 is 28.0 Å². The second-order valence-corrected chi connectivity index (χ2v) is 8.11. The molecule has 31 heavy (non-hydrogen) atoms. The average molecular weight is 433 g/mol. The largest absolute Gasteiger partial charge is 0.493 e. The van der Waals surface area contributed by atoms with E-state index in [4.69, 9.17) is 9.47 Å². The number of nitrogens with zero attached hydrogens (tertiary/aromatic N) is 1. The highest BCUT2D eigenvalue weighted by Crippen LogP contribution is 2.33. The first-order chi connectivity index (χ1) is 15.1. The zero-order valence-corrected chi connectivity index (χ0v) is 18.5. The molecule has 0 saturated carbocycles. The molecule has 4 rings (SSSR count). The van der Waals surface area contributed by atoms with Crippen LogP contribution in [0.5, 0.6) is 11.5 Å². The second-order valence-electron chi connectivity index (χ2n) is 7.25. The van der Waals surface area contributed by atoms with E-state index in [2.05, 4.69) is 34.6 Å². The van der Waals surface area contributed by atoms with E-state index in [-0.39, 0.29) is 18.4 Å². The zero-order chi connectivity index (χ0) is 21.8. The molecule has 1 amide bonds. The van der Waals surface area contributed by atoms with E-state index in [1.165, 1.54) is 16.7 Å². The van der Waals surface area contributed by atoms with Crippen molar-refractivity contribution in [2.24, 2.45) is 0 Å². The van der Waals surface area contributed by atoms with Crippen LogP contribution in [0.15, 0.2) is 66.0 Å². The second kappa shape index (κ2) is 9.18. The zero-order valence-electron chi connectivity index (χ0n) is 17.7. The van der Waals surface area contributed by atoms with Gasteiger partial charge in [0.25, 0.3) is 0 Å². The van der Waals surface area contributed by atoms with Crippen molar-refractivity contribution in [1.82, 2.24) is 10.3 Å². The smallest absolute Gasteiger partial charge is 0.226 e. The summed E-state index contributed by atoms with van der Waals surface area (Å²) >= 11 is 1.51. The van der Waals surface area contributed by atoms with Gasteiger partial charge >= 0.3 is 0 Å². The van der Waals surface area contributed by atoms with Crippen LogP contribution in [0, 0.1) is 0 Å². The van der Waals surface area contributed by atoms with E-state index >= 15 is 0 Å². The highest BCUT2D eigenvalue weighted by atomic mass is 32.1. The quantitative estimate of drug-likeness (QED) is 0.425. The molecule has 3 aromatic carbocycles. The molecule has 1 unspecified atom stereocenters. The van der Waals surface area contributed by atoms with Gasteiger partial charge in [-0.25, -0.2) is 4.98 Å². The maximum atomic E-state index is 12.7. The molecule has 0 radical (unpaired) electrons. The van der Waals surface area contributed by atoms with Gasteiger partial charge in [-0.1, -0.05) is 42.5 Å². The van der Waals surface area contributed by atoms with Crippen LogP contribution in [0.4, 0.5) is 0 Å². The topological polar surface area (TPSA) is 60.5 Å². The number of carbonyl (C=O) groups excluding carboxylic acids is 1. The summed E-state index contributed by atoms with van der Waals surface area (Å²) in [5, 5.41) is 8.19. The minimum Gasteiger partial charge on any atom is -0.493 e. The molecule has 0 spiro atoms. The Labute approximate surface area is 185 Å². The number of thiazole rings is 1. The van der Waals surface area contributed by atoms with Crippen LogP contribution >= 0.6 is 11.3 Å². The summed E-state index contributed by atoms with van der Waals surface area (Å²) in [6, 6.07) is 20.0. The Kier molecular flexibility index (Phi) is 6.18. The molecule has 158 valence electrons. The number of hydrogen-bond donors (Lipinski definition) is 1. The van der Waals surface area contributed by atoms with Crippen molar-refractivity contribution in [2.45, 2.75) is 19.4 Å². The molecule has 0 aliphatic heterocycles. The van der Waals surface area contributed by atoms with Gasteiger partial charge < -0.3 is 14.8 Å². The summed E-state index contributed by atoms with van der Waals surface area (Å²) in [5.41, 5.74) is 2.78. The standard InChI is InChI=1S/C25H24N2O3S/c1-16(20-10-6-8-17-7-4-5-9-21(17)20)26-24(28)14-19-15-31-25(27-19)18-11-12-22(29-2)23(13-18)30-3/h4-13,15-16H,14H2,1-3H3,(H,26,28). The summed E-state index contributed by atoms with van der Waals surface area (Å²) in [4.78, 5) is 17.3. The lowest BCUT2D eigenvalue weighted by atomic mass is 9.99. The Morgan fingerprint density at radius 1 is 1.03 bits per heavy atom. The maximum Gasteiger partial charge on any atom is 0.226 e. The summed E-state index contributed by atoms with van der Waals surface area (Å²) < 4.78 is 10.7. The Hall–Kier alpha value is -3.38.